The van der Waals surface area contributed by atoms with E-state index in [4.69, 9.17) is 14.5 Å². The van der Waals surface area contributed by atoms with Crippen molar-refractivity contribution in [2.45, 2.75) is 18.4 Å². The molecule has 0 spiro atoms. The number of benzene rings is 2. The maximum absolute atomic E-state index is 12.1. The van der Waals surface area contributed by atoms with Gasteiger partial charge >= 0.3 is 0 Å². The Hall–Kier alpha value is -3.98. The fraction of sp³-hybridized carbons (Fsp3) is 0.160. The zero-order valence-electron chi connectivity index (χ0n) is 19.0. The van der Waals surface area contributed by atoms with Gasteiger partial charge in [0.05, 0.1) is 16.3 Å². The zero-order chi connectivity index (χ0) is 24.0. The van der Waals surface area contributed by atoms with Crippen LogP contribution in [0.4, 0.5) is 17.5 Å². The molecular formula is C25H26N6O2S. The third-order valence-corrected chi connectivity index (χ3v) is 6.14. The van der Waals surface area contributed by atoms with Crippen LogP contribution in [-0.2, 0) is 16.3 Å². The number of nitrogens with one attached hydrogen (secondary N) is 3. The first-order valence-electron chi connectivity index (χ1n) is 10.8. The summed E-state index contributed by atoms with van der Waals surface area (Å²) in [5.74, 6) is 1.84. The Bertz CT molecular complexity index is 1360. The van der Waals surface area contributed by atoms with E-state index in [0.29, 0.717) is 35.5 Å². The van der Waals surface area contributed by atoms with Crippen molar-refractivity contribution in [3.8, 4) is 16.9 Å². The minimum atomic E-state index is -2.82. The number of rotatable bonds is 9. The first kappa shape index (κ1) is 23.2. The molecule has 0 fully saturated rings. The molecule has 34 heavy (non-hydrogen) atoms. The third-order valence-electron chi connectivity index (χ3n) is 4.99. The van der Waals surface area contributed by atoms with Crippen molar-refractivity contribution < 1.29 is 8.95 Å². The lowest BCUT2D eigenvalue weighted by atomic mass is 10.1. The summed E-state index contributed by atoms with van der Waals surface area (Å²) in [6.45, 7) is 3.10. The summed E-state index contributed by atoms with van der Waals surface area (Å²) in [7, 11) is -2.82. The van der Waals surface area contributed by atoms with Crippen LogP contribution in [0, 0.1) is 4.78 Å². The predicted octanol–water partition coefficient (Wildman–Crippen LogP) is 5.33. The molecule has 3 N–H and O–H groups in total. The summed E-state index contributed by atoms with van der Waals surface area (Å²) in [4.78, 5) is 13.8. The van der Waals surface area contributed by atoms with E-state index >= 15 is 0 Å². The van der Waals surface area contributed by atoms with Crippen molar-refractivity contribution >= 4 is 27.2 Å². The molecule has 0 bridgehead atoms. The van der Waals surface area contributed by atoms with E-state index in [1.165, 1.54) is 6.26 Å². The monoisotopic (exact) mass is 474 g/mol. The lowest BCUT2D eigenvalue weighted by Crippen LogP contribution is -2.07. The Morgan fingerprint density at radius 2 is 1.88 bits per heavy atom. The summed E-state index contributed by atoms with van der Waals surface area (Å²) in [6, 6.07) is 18.6. The number of nitrogens with zero attached hydrogens (tertiary/aromatic N) is 3. The molecule has 0 aliphatic rings. The Balaban J connectivity index is 1.65. The molecule has 9 heteroatoms. The molecule has 1 unspecified atom stereocenters. The highest BCUT2D eigenvalue weighted by molar-refractivity contribution is 7.91. The van der Waals surface area contributed by atoms with Crippen molar-refractivity contribution in [1.82, 2.24) is 15.0 Å². The van der Waals surface area contributed by atoms with Crippen LogP contribution in [0.3, 0.4) is 0 Å². The second-order valence-electron chi connectivity index (χ2n) is 7.62. The van der Waals surface area contributed by atoms with Crippen molar-refractivity contribution in [1.29, 1.82) is 4.78 Å². The quantitative estimate of drug-likeness (QED) is 0.300. The second-order valence-corrected chi connectivity index (χ2v) is 9.78. The van der Waals surface area contributed by atoms with Crippen LogP contribution in [0.1, 0.15) is 12.5 Å². The second kappa shape index (κ2) is 10.3. The minimum absolute atomic E-state index is 0.383. The third kappa shape index (κ3) is 5.87. The molecule has 2 aromatic carbocycles. The van der Waals surface area contributed by atoms with E-state index in [2.05, 4.69) is 20.6 Å². The van der Waals surface area contributed by atoms with Gasteiger partial charge in [0.1, 0.15) is 11.6 Å². The lowest BCUT2D eigenvalue weighted by molar-refractivity contribution is 0.340. The SMILES string of the molecule is CCOc1ccc(-c2cnc(Nc3cccc(S(C)(=N)=O)c3)nc2NCc2cccnc2)cc1. The Morgan fingerprint density at radius 1 is 1.06 bits per heavy atom. The standard InChI is InChI=1S/C25H26N6O2S/c1-3-33-21-11-9-19(10-12-21)23-17-29-25(30-20-7-4-8-22(14-20)34(2,26)32)31-24(23)28-16-18-6-5-13-27-15-18/h4-15,17,26H,3,16H2,1-2H3,(H2,28,29,30,31). The predicted molar refractivity (Wildman–Crippen MR) is 135 cm³/mol. The Labute approximate surface area is 199 Å². The summed E-state index contributed by atoms with van der Waals surface area (Å²) in [6.07, 6.45) is 6.70. The number of ether oxygens (including phenoxy) is 1. The Morgan fingerprint density at radius 3 is 2.59 bits per heavy atom. The fourth-order valence-corrected chi connectivity index (χ4v) is 4.01. The van der Waals surface area contributed by atoms with E-state index in [1.54, 1.807) is 36.8 Å². The molecule has 4 aromatic rings. The smallest absolute Gasteiger partial charge is 0.229 e. The first-order valence-corrected chi connectivity index (χ1v) is 12.7. The maximum Gasteiger partial charge on any atom is 0.229 e. The molecule has 174 valence electrons. The van der Waals surface area contributed by atoms with Gasteiger partial charge in [-0.3, -0.25) is 4.98 Å². The topological polar surface area (TPSA) is 113 Å². The highest BCUT2D eigenvalue weighted by atomic mass is 32.2. The molecule has 0 aliphatic carbocycles. The molecule has 2 heterocycles. The molecular weight excluding hydrogens is 448 g/mol. The summed E-state index contributed by atoms with van der Waals surface area (Å²) in [5.41, 5.74) is 3.47. The first-order chi connectivity index (χ1) is 16.4. The fourth-order valence-electron chi connectivity index (χ4n) is 3.32. The molecule has 1 atom stereocenters. The molecule has 0 aliphatic heterocycles. The van der Waals surface area contributed by atoms with Crippen molar-refractivity contribution in [2.75, 3.05) is 23.5 Å². The van der Waals surface area contributed by atoms with Gasteiger partial charge in [0.25, 0.3) is 0 Å². The molecule has 2 aromatic heterocycles. The minimum Gasteiger partial charge on any atom is -0.494 e. The molecule has 4 rings (SSSR count). The van der Waals surface area contributed by atoms with Crippen molar-refractivity contribution in [2.24, 2.45) is 0 Å². The molecule has 8 nitrogen and oxygen atoms in total. The Kier molecular flexibility index (Phi) is 7.03. The highest BCUT2D eigenvalue weighted by Gasteiger charge is 2.12. The van der Waals surface area contributed by atoms with E-state index in [-0.39, 0.29) is 0 Å². The lowest BCUT2D eigenvalue weighted by Gasteiger charge is -2.14. The van der Waals surface area contributed by atoms with Gasteiger partial charge in [-0.2, -0.15) is 4.98 Å². The van der Waals surface area contributed by atoms with Crippen LogP contribution < -0.4 is 15.4 Å². The molecule has 0 amide bonds. The van der Waals surface area contributed by atoms with Gasteiger partial charge in [-0.25, -0.2) is 14.0 Å². The van der Waals surface area contributed by atoms with E-state index in [1.807, 2.05) is 49.4 Å². The summed E-state index contributed by atoms with van der Waals surface area (Å²) >= 11 is 0. The molecule has 0 saturated heterocycles. The normalized spacial score (nSPS) is 12.5. The van der Waals surface area contributed by atoms with Crippen LogP contribution in [0.5, 0.6) is 5.75 Å². The maximum atomic E-state index is 12.1. The van der Waals surface area contributed by atoms with Gasteiger partial charge in [-0.1, -0.05) is 24.3 Å². The van der Waals surface area contributed by atoms with Gasteiger partial charge < -0.3 is 15.4 Å². The van der Waals surface area contributed by atoms with Gasteiger partial charge in [-0.15, -0.1) is 0 Å². The van der Waals surface area contributed by atoms with E-state index in [0.717, 1.165) is 22.4 Å². The van der Waals surface area contributed by atoms with Crippen LogP contribution in [0.25, 0.3) is 11.1 Å². The van der Waals surface area contributed by atoms with Gasteiger partial charge in [0.2, 0.25) is 5.95 Å². The van der Waals surface area contributed by atoms with Crippen LogP contribution in [0.2, 0.25) is 0 Å². The number of pyridine rings is 1. The van der Waals surface area contributed by atoms with Crippen LogP contribution in [0.15, 0.2) is 84.1 Å². The van der Waals surface area contributed by atoms with Crippen LogP contribution in [-0.4, -0.2) is 32.0 Å². The molecule has 0 radical (unpaired) electrons. The number of aromatic nitrogens is 3. The molecule has 0 saturated carbocycles. The van der Waals surface area contributed by atoms with E-state index < -0.39 is 9.73 Å². The van der Waals surface area contributed by atoms with Crippen LogP contribution >= 0.6 is 0 Å². The summed E-state index contributed by atoms with van der Waals surface area (Å²) < 4.78 is 25.5. The number of hydrogen-bond acceptors (Lipinski definition) is 8. The summed E-state index contributed by atoms with van der Waals surface area (Å²) in [5, 5.41) is 6.55. The number of hydrogen-bond donors (Lipinski definition) is 3. The average molecular weight is 475 g/mol. The van der Waals surface area contributed by atoms with Crippen molar-refractivity contribution in [3.05, 3.63) is 84.8 Å². The van der Waals surface area contributed by atoms with E-state index in [9.17, 15) is 4.21 Å². The van der Waals surface area contributed by atoms with Gasteiger partial charge in [-0.05, 0) is 54.4 Å². The largest absolute Gasteiger partial charge is 0.494 e. The highest BCUT2D eigenvalue weighted by Crippen LogP contribution is 2.29. The zero-order valence-corrected chi connectivity index (χ0v) is 19.8. The van der Waals surface area contributed by atoms with Gasteiger partial charge in [0, 0.05) is 47.5 Å². The number of anilines is 3. The average Bonchev–Trinajstić information content (AvgIpc) is 2.84. The van der Waals surface area contributed by atoms with Crippen molar-refractivity contribution in [3.63, 3.8) is 0 Å². The van der Waals surface area contributed by atoms with Gasteiger partial charge in [0.15, 0.2) is 0 Å².